The van der Waals surface area contributed by atoms with Gasteiger partial charge in [-0.1, -0.05) is 205 Å². The highest BCUT2D eigenvalue weighted by atomic mass is 16.3. The molecule has 4 heteroatoms. The highest BCUT2D eigenvalue weighted by Gasteiger charge is 2.49. The van der Waals surface area contributed by atoms with E-state index in [-0.39, 0.29) is 10.8 Å². The minimum absolute atomic E-state index is 0.263. The first kappa shape index (κ1) is 48.4. The number of aromatic nitrogens is 1. The Morgan fingerprint density at radius 1 is 0.318 bits per heavy atom. The van der Waals surface area contributed by atoms with Crippen LogP contribution in [-0.2, 0) is 16.2 Å². The lowest BCUT2D eigenvalue weighted by Crippen LogP contribution is -2.24. The van der Waals surface area contributed by atoms with E-state index in [1.165, 1.54) is 110 Å². The lowest BCUT2D eigenvalue weighted by molar-refractivity contribution is 0.600. The van der Waals surface area contributed by atoms with Gasteiger partial charge in [-0.2, -0.15) is 0 Å². The van der Waals surface area contributed by atoms with Gasteiger partial charge >= 0.3 is 0 Å². The van der Waals surface area contributed by atoms with Gasteiger partial charge in [0.05, 0.1) is 11.0 Å². The second-order valence-corrected chi connectivity index (χ2v) is 25.5. The van der Waals surface area contributed by atoms with E-state index in [1.807, 2.05) is 0 Å². The molecule has 0 fully saturated rings. The number of rotatable bonds is 6. The van der Waals surface area contributed by atoms with Crippen molar-refractivity contribution in [2.24, 2.45) is 0 Å². The van der Waals surface area contributed by atoms with Crippen LogP contribution in [0.15, 0.2) is 251 Å². The molecular formula is C81H58N2O2. The van der Waals surface area contributed by atoms with Crippen LogP contribution in [0.4, 0.5) is 17.1 Å². The largest absolute Gasteiger partial charge is 0.455 e. The van der Waals surface area contributed by atoms with Crippen LogP contribution in [0.1, 0.15) is 74.9 Å². The topological polar surface area (TPSA) is 34.5 Å². The van der Waals surface area contributed by atoms with Crippen molar-refractivity contribution in [3.05, 3.63) is 276 Å². The molecule has 3 aliphatic rings. The molecular weight excluding hydrogens is 1030 g/mol. The number of anilines is 3. The number of nitrogens with zero attached hydrogens (tertiary/aromatic N) is 2. The third-order valence-corrected chi connectivity index (χ3v) is 19.9. The molecule has 0 aliphatic heterocycles. The Labute approximate surface area is 493 Å². The van der Waals surface area contributed by atoms with Crippen molar-refractivity contribution in [3.63, 3.8) is 0 Å². The highest BCUT2D eigenvalue weighted by Crippen LogP contribution is 2.64. The van der Waals surface area contributed by atoms with Gasteiger partial charge in [0.25, 0.3) is 0 Å². The fourth-order valence-corrected chi connectivity index (χ4v) is 16.1. The van der Waals surface area contributed by atoms with Crippen molar-refractivity contribution in [1.82, 2.24) is 4.57 Å². The van der Waals surface area contributed by atoms with Crippen LogP contribution in [-0.4, -0.2) is 4.57 Å². The Kier molecular flexibility index (Phi) is 9.67. The molecule has 0 unspecified atom stereocenters. The molecule has 0 bridgehead atoms. The average molecular weight is 1090 g/mol. The number of fused-ring (bicyclic) bond motifs is 22. The summed E-state index contributed by atoms with van der Waals surface area (Å²) in [5.74, 6) is 0. The standard InChI is InChI=1S/C81H58N2O2/c1-79(2)63-44-50(37-40-56(63)70-65(79)46-61(77-72(70)58-31-17-21-35-68(58)84-77)53-28-14-13-27-52(53)47-23-9-7-10-24-47)82(49-39-42-67-60(43-49)54-29-16-20-34-66(54)83(67)48-25-11-8-12-26-48)51-38-41-57-64(45-51)81(5,6)75-71(57)73-59-32-18-22-36-69(59)85-78(73)74-55-30-15-19-33-62(55)80(3,4)76(74)75/h7-46H,1-6H3. The van der Waals surface area contributed by atoms with Crippen molar-refractivity contribution >= 4 is 82.7 Å². The quantitative estimate of drug-likeness (QED) is 0.166. The molecule has 18 rings (SSSR count). The smallest absolute Gasteiger partial charge is 0.144 e. The van der Waals surface area contributed by atoms with Gasteiger partial charge in [0.2, 0.25) is 0 Å². The van der Waals surface area contributed by atoms with Gasteiger partial charge in [0.15, 0.2) is 0 Å². The van der Waals surface area contributed by atoms with E-state index in [4.69, 9.17) is 8.83 Å². The predicted octanol–water partition coefficient (Wildman–Crippen LogP) is 22.3. The Balaban J connectivity index is 0.878. The molecule has 0 radical (unpaired) electrons. The number of hydrogen-bond acceptors (Lipinski definition) is 3. The molecule has 0 N–H and O–H groups in total. The van der Waals surface area contributed by atoms with Gasteiger partial charge in [-0.3, -0.25) is 0 Å². The fourth-order valence-electron chi connectivity index (χ4n) is 16.1. The van der Waals surface area contributed by atoms with Crippen LogP contribution < -0.4 is 4.90 Å². The zero-order chi connectivity index (χ0) is 56.8. The summed E-state index contributed by atoms with van der Waals surface area (Å²) < 4.78 is 16.6. The van der Waals surface area contributed by atoms with Gasteiger partial charge in [-0.25, -0.2) is 0 Å². The van der Waals surface area contributed by atoms with E-state index >= 15 is 0 Å². The SMILES string of the molecule is CC1(C)c2cc(N(c3ccc4c(c3)C(C)(C)c3c5c(c6oc7ccccc7c6c3-4)-c3ccccc3C5(C)C)c3ccc4c(c3)c3ccccc3n4-c3ccccc3)ccc2-c2c1cc(-c1ccccc1-c1ccccc1)c1oc3ccccc3c21. The number of benzene rings is 12. The maximum atomic E-state index is 7.08. The first-order chi connectivity index (χ1) is 41.5. The number of hydrogen-bond donors (Lipinski definition) is 0. The molecule has 0 saturated heterocycles. The van der Waals surface area contributed by atoms with Crippen LogP contribution in [0, 0.1) is 0 Å². The third-order valence-electron chi connectivity index (χ3n) is 19.9. The van der Waals surface area contributed by atoms with Gasteiger partial charge < -0.3 is 18.3 Å². The predicted molar refractivity (Wildman–Crippen MR) is 354 cm³/mol. The second kappa shape index (κ2) is 17.0. The Morgan fingerprint density at radius 3 is 1.53 bits per heavy atom. The minimum Gasteiger partial charge on any atom is -0.455 e. The van der Waals surface area contributed by atoms with Gasteiger partial charge in [0, 0.05) is 82.4 Å². The molecule has 3 aromatic heterocycles. The summed E-state index contributed by atoms with van der Waals surface area (Å²) in [5.41, 5.74) is 29.7. The van der Waals surface area contributed by atoms with Crippen molar-refractivity contribution in [2.45, 2.75) is 57.8 Å². The molecule has 0 saturated carbocycles. The van der Waals surface area contributed by atoms with Gasteiger partial charge in [-0.05, 0) is 157 Å². The van der Waals surface area contributed by atoms with E-state index < -0.39 is 5.41 Å². The maximum Gasteiger partial charge on any atom is 0.144 e. The van der Waals surface area contributed by atoms with E-state index in [2.05, 4.69) is 294 Å². The zero-order valence-electron chi connectivity index (χ0n) is 48.3. The number of para-hydroxylation sites is 4. The minimum atomic E-state index is -0.395. The first-order valence-corrected chi connectivity index (χ1v) is 29.9. The maximum absolute atomic E-state index is 7.08. The normalized spacial score (nSPS) is 14.8. The van der Waals surface area contributed by atoms with Crippen molar-refractivity contribution < 1.29 is 8.83 Å². The van der Waals surface area contributed by atoms with Gasteiger partial charge in [0.1, 0.15) is 22.3 Å². The highest BCUT2D eigenvalue weighted by molar-refractivity contribution is 6.22. The summed E-state index contributed by atoms with van der Waals surface area (Å²) in [5, 5.41) is 7.08. The van der Waals surface area contributed by atoms with Crippen LogP contribution >= 0.6 is 0 Å². The van der Waals surface area contributed by atoms with E-state index in [0.717, 1.165) is 67.0 Å². The van der Waals surface area contributed by atoms with E-state index in [9.17, 15) is 0 Å². The summed E-state index contributed by atoms with van der Waals surface area (Å²) in [7, 11) is 0. The Hall–Kier alpha value is -10.2. The van der Waals surface area contributed by atoms with Crippen molar-refractivity contribution in [1.29, 1.82) is 0 Å². The second-order valence-electron chi connectivity index (χ2n) is 25.5. The van der Waals surface area contributed by atoms with Crippen molar-refractivity contribution in [3.8, 4) is 61.3 Å². The van der Waals surface area contributed by atoms with Crippen LogP contribution in [0.25, 0.3) is 127 Å². The molecule has 0 spiro atoms. The molecule has 0 atom stereocenters. The summed E-state index contributed by atoms with van der Waals surface area (Å²) in [6.07, 6.45) is 0. The molecule has 0 amide bonds. The lowest BCUT2D eigenvalue weighted by atomic mass is 9.72. The fraction of sp³-hybridized carbons (Fsp3) is 0.111. The molecule has 15 aromatic rings. The molecule has 3 heterocycles. The van der Waals surface area contributed by atoms with Crippen molar-refractivity contribution in [2.75, 3.05) is 4.90 Å². The summed E-state index contributed by atoms with van der Waals surface area (Å²) in [6.45, 7) is 14.6. The Morgan fingerprint density at radius 2 is 0.812 bits per heavy atom. The summed E-state index contributed by atoms with van der Waals surface area (Å²) >= 11 is 0. The molecule has 404 valence electrons. The lowest BCUT2D eigenvalue weighted by Gasteiger charge is -2.32. The molecule has 3 aliphatic carbocycles. The zero-order valence-corrected chi connectivity index (χ0v) is 48.3. The molecule has 4 nitrogen and oxygen atoms in total. The average Bonchev–Trinajstić information content (AvgIpc) is 1.53. The van der Waals surface area contributed by atoms with Gasteiger partial charge in [-0.15, -0.1) is 0 Å². The summed E-state index contributed by atoms with van der Waals surface area (Å²) in [6, 6.07) is 89.6. The van der Waals surface area contributed by atoms with Crippen LogP contribution in [0.5, 0.6) is 0 Å². The van der Waals surface area contributed by atoms with E-state index in [1.54, 1.807) is 0 Å². The number of furan rings is 2. The first-order valence-electron chi connectivity index (χ1n) is 29.9. The summed E-state index contributed by atoms with van der Waals surface area (Å²) in [4.78, 5) is 2.53. The van der Waals surface area contributed by atoms with E-state index in [0.29, 0.717) is 0 Å². The van der Waals surface area contributed by atoms with Crippen LogP contribution in [0.2, 0.25) is 0 Å². The molecule has 12 aromatic carbocycles. The molecule has 85 heavy (non-hydrogen) atoms. The monoisotopic (exact) mass is 1090 g/mol. The third kappa shape index (κ3) is 6.41. The Bertz CT molecular complexity index is 5390. The van der Waals surface area contributed by atoms with Crippen LogP contribution in [0.3, 0.4) is 0 Å².